The number of rotatable bonds is 5. The van der Waals surface area contributed by atoms with Crippen LogP contribution < -0.4 is 5.32 Å². The Morgan fingerprint density at radius 3 is 2.56 bits per heavy atom. The summed E-state index contributed by atoms with van der Waals surface area (Å²) in [5.41, 5.74) is 3.84. The van der Waals surface area contributed by atoms with Crippen LogP contribution in [0.1, 0.15) is 40.2 Å². The Morgan fingerprint density at radius 1 is 1.15 bits per heavy atom. The van der Waals surface area contributed by atoms with Crippen LogP contribution in [-0.2, 0) is 9.53 Å². The number of aromatic nitrogens is 1. The number of hydrogen-bond acceptors (Lipinski definition) is 4. The van der Waals surface area contributed by atoms with Gasteiger partial charge in [0.25, 0.3) is 5.91 Å². The number of carbonyl (C=O) groups excluding carboxylic acids is 2. The molecule has 0 radical (unpaired) electrons. The molecule has 2 saturated heterocycles. The van der Waals surface area contributed by atoms with Crippen molar-refractivity contribution < 1.29 is 14.3 Å². The molecule has 1 unspecified atom stereocenters. The van der Waals surface area contributed by atoms with E-state index in [0.717, 1.165) is 62.5 Å². The molecule has 0 aromatic carbocycles. The van der Waals surface area contributed by atoms with Gasteiger partial charge in [0.2, 0.25) is 5.91 Å². The van der Waals surface area contributed by atoms with Gasteiger partial charge in [0.1, 0.15) is 5.69 Å². The van der Waals surface area contributed by atoms with Gasteiger partial charge in [0.05, 0.1) is 19.1 Å². The van der Waals surface area contributed by atoms with Gasteiger partial charge >= 0.3 is 0 Å². The molecule has 7 heteroatoms. The standard InChI is InChI=1S/C20H32N4O3/c1-14-15(2)18(22-16(14)3)20(26)24-7-4-5-17(13-24)19(25)21-6-8-23-9-11-27-12-10-23/h17,22H,4-13H2,1-3H3,(H,21,25). The number of H-pyrrole nitrogens is 1. The van der Waals surface area contributed by atoms with Crippen LogP contribution in [0.3, 0.4) is 0 Å². The minimum atomic E-state index is -0.121. The van der Waals surface area contributed by atoms with E-state index in [1.807, 2.05) is 25.7 Å². The number of piperidine rings is 1. The highest BCUT2D eigenvalue weighted by Gasteiger charge is 2.30. The summed E-state index contributed by atoms with van der Waals surface area (Å²) in [6, 6.07) is 0. The highest BCUT2D eigenvalue weighted by molar-refractivity contribution is 5.95. The van der Waals surface area contributed by atoms with Crippen LogP contribution in [0.25, 0.3) is 0 Å². The van der Waals surface area contributed by atoms with E-state index in [-0.39, 0.29) is 17.7 Å². The molecule has 0 saturated carbocycles. The highest BCUT2D eigenvalue weighted by atomic mass is 16.5. The van der Waals surface area contributed by atoms with Crippen molar-refractivity contribution in [2.75, 3.05) is 52.5 Å². The quantitative estimate of drug-likeness (QED) is 0.811. The average Bonchev–Trinajstić information content (AvgIpc) is 2.95. The SMILES string of the molecule is Cc1[nH]c(C(=O)N2CCCC(C(=O)NCCN3CCOCC3)C2)c(C)c1C. The minimum Gasteiger partial charge on any atom is -0.379 e. The maximum atomic E-state index is 12.9. The van der Waals surface area contributed by atoms with Gasteiger partial charge in [0, 0.05) is 45.0 Å². The van der Waals surface area contributed by atoms with E-state index >= 15 is 0 Å². The predicted octanol–water partition coefficient (Wildman–Crippen LogP) is 1.24. The molecule has 3 heterocycles. The third-order valence-corrected chi connectivity index (χ3v) is 5.94. The van der Waals surface area contributed by atoms with Crippen molar-refractivity contribution in [3.05, 3.63) is 22.5 Å². The van der Waals surface area contributed by atoms with Crippen LogP contribution in [0.2, 0.25) is 0 Å². The molecule has 2 aliphatic heterocycles. The van der Waals surface area contributed by atoms with Gasteiger partial charge in [0.15, 0.2) is 0 Å². The molecule has 1 aromatic rings. The maximum absolute atomic E-state index is 12.9. The van der Waals surface area contributed by atoms with Gasteiger partial charge in [-0.2, -0.15) is 0 Å². The Bertz CT molecular complexity index is 679. The lowest BCUT2D eigenvalue weighted by Crippen LogP contribution is -2.47. The monoisotopic (exact) mass is 376 g/mol. The average molecular weight is 377 g/mol. The third kappa shape index (κ3) is 4.71. The second kappa shape index (κ2) is 8.89. The van der Waals surface area contributed by atoms with Crippen LogP contribution in [-0.4, -0.2) is 79.1 Å². The van der Waals surface area contributed by atoms with Crippen molar-refractivity contribution in [2.45, 2.75) is 33.6 Å². The van der Waals surface area contributed by atoms with Crippen molar-refractivity contribution >= 4 is 11.8 Å². The smallest absolute Gasteiger partial charge is 0.270 e. The second-order valence-corrected chi connectivity index (χ2v) is 7.71. The number of likely N-dealkylation sites (tertiary alicyclic amines) is 1. The first-order valence-corrected chi connectivity index (χ1v) is 10.00. The Morgan fingerprint density at radius 2 is 1.89 bits per heavy atom. The number of nitrogens with zero attached hydrogens (tertiary/aromatic N) is 2. The molecule has 0 spiro atoms. The summed E-state index contributed by atoms with van der Waals surface area (Å²) in [5, 5.41) is 3.06. The maximum Gasteiger partial charge on any atom is 0.270 e. The summed E-state index contributed by atoms with van der Waals surface area (Å²) < 4.78 is 5.34. The molecule has 2 aliphatic rings. The minimum absolute atomic E-state index is 0.00881. The Balaban J connectivity index is 1.51. The van der Waals surface area contributed by atoms with E-state index in [1.165, 1.54) is 0 Å². The lowest BCUT2D eigenvalue weighted by molar-refractivity contribution is -0.126. The number of hydrogen-bond donors (Lipinski definition) is 2. The van der Waals surface area contributed by atoms with Crippen LogP contribution in [0.4, 0.5) is 0 Å². The van der Waals surface area contributed by atoms with Crippen LogP contribution >= 0.6 is 0 Å². The summed E-state index contributed by atoms with van der Waals surface area (Å²) in [6.45, 7) is 12.1. The first-order chi connectivity index (χ1) is 13.0. The van der Waals surface area contributed by atoms with E-state index in [2.05, 4.69) is 15.2 Å². The van der Waals surface area contributed by atoms with Crippen molar-refractivity contribution in [3.63, 3.8) is 0 Å². The van der Waals surface area contributed by atoms with Gasteiger partial charge in [-0.15, -0.1) is 0 Å². The number of morpholine rings is 1. The molecule has 2 N–H and O–H groups in total. The van der Waals surface area contributed by atoms with Crippen LogP contribution in [0.5, 0.6) is 0 Å². The van der Waals surface area contributed by atoms with E-state index in [0.29, 0.717) is 25.3 Å². The summed E-state index contributed by atoms with van der Waals surface area (Å²) in [5.74, 6) is -0.0457. The first kappa shape index (κ1) is 19.9. The molecule has 0 bridgehead atoms. The second-order valence-electron chi connectivity index (χ2n) is 7.71. The van der Waals surface area contributed by atoms with Crippen LogP contribution in [0.15, 0.2) is 0 Å². The molecule has 150 valence electrons. The molecule has 27 heavy (non-hydrogen) atoms. The van der Waals surface area contributed by atoms with Gasteiger partial charge in [-0.1, -0.05) is 0 Å². The fourth-order valence-corrected chi connectivity index (χ4v) is 3.90. The van der Waals surface area contributed by atoms with E-state index in [9.17, 15) is 9.59 Å². The predicted molar refractivity (Wildman–Crippen MR) is 104 cm³/mol. The zero-order chi connectivity index (χ0) is 19.4. The molecular formula is C20H32N4O3. The summed E-state index contributed by atoms with van der Waals surface area (Å²) in [7, 11) is 0. The number of aromatic amines is 1. The van der Waals surface area contributed by atoms with Crippen molar-refractivity contribution in [1.29, 1.82) is 0 Å². The Labute approximate surface area is 161 Å². The molecule has 1 atom stereocenters. The van der Waals surface area contributed by atoms with Crippen molar-refractivity contribution in [3.8, 4) is 0 Å². The van der Waals surface area contributed by atoms with E-state index < -0.39 is 0 Å². The van der Waals surface area contributed by atoms with Gasteiger partial charge in [-0.3, -0.25) is 14.5 Å². The third-order valence-electron chi connectivity index (χ3n) is 5.94. The number of amides is 2. The molecule has 2 fully saturated rings. The number of aryl methyl sites for hydroxylation is 1. The zero-order valence-corrected chi connectivity index (χ0v) is 16.8. The highest BCUT2D eigenvalue weighted by Crippen LogP contribution is 2.22. The van der Waals surface area contributed by atoms with Gasteiger partial charge < -0.3 is 19.9 Å². The van der Waals surface area contributed by atoms with E-state index in [1.54, 1.807) is 0 Å². The normalized spacial score (nSPS) is 21.3. The molecule has 2 amide bonds. The van der Waals surface area contributed by atoms with Crippen LogP contribution in [0, 0.1) is 26.7 Å². The summed E-state index contributed by atoms with van der Waals surface area (Å²) >= 11 is 0. The van der Waals surface area contributed by atoms with Gasteiger partial charge in [-0.05, 0) is 44.7 Å². The molecule has 3 rings (SSSR count). The number of nitrogens with one attached hydrogen (secondary N) is 2. The zero-order valence-electron chi connectivity index (χ0n) is 16.8. The topological polar surface area (TPSA) is 77.7 Å². The summed E-state index contributed by atoms with van der Waals surface area (Å²) in [4.78, 5) is 32.8. The Hall–Kier alpha value is -1.86. The fraction of sp³-hybridized carbons (Fsp3) is 0.700. The number of ether oxygens (including phenoxy) is 1. The van der Waals surface area contributed by atoms with Crippen molar-refractivity contribution in [2.24, 2.45) is 5.92 Å². The summed E-state index contributed by atoms with van der Waals surface area (Å²) in [6.07, 6.45) is 1.71. The lowest BCUT2D eigenvalue weighted by atomic mass is 9.96. The lowest BCUT2D eigenvalue weighted by Gasteiger charge is -2.32. The molecule has 0 aliphatic carbocycles. The van der Waals surface area contributed by atoms with Gasteiger partial charge in [-0.25, -0.2) is 0 Å². The largest absolute Gasteiger partial charge is 0.379 e. The fourth-order valence-electron chi connectivity index (χ4n) is 3.90. The molecule has 1 aromatic heterocycles. The van der Waals surface area contributed by atoms with Crippen molar-refractivity contribution in [1.82, 2.24) is 20.1 Å². The van der Waals surface area contributed by atoms with E-state index in [4.69, 9.17) is 4.74 Å². The molecular weight excluding hydrogens is 344 g/mol. The first-order valence-electron chi connectivity index (χ1n) is 10.00. The molecule has 7 nitrogen and oxygen atoms in total. The Kier molecular flexibility index (Phi) is 6.55. The number of carbonyl (C=O) groups is 2.